The Morgan fingerprint density at radius 1 is 1.42 bits per heavy atom. The number of nitrogens with zero attached hydrogens (tertiary/aromatic N) is 1. The van der Waals surface area contributed by atoms with Gasteiger partial charge in [0.15, 0.2) is 5.75 Å². The lowest BCUT2D eigenvalue weighted by atomic mass is 9.73. The van der Waals surface area contributed by atoms with E-state index in [0.717, 1.165) is 24.4 Å². The quantitative estimate of drug-likeness (QED) is 0.653. The van der Waals surface area contributed by atoms with Gasteiger partial charge in [-0.15, -0.1) is 0 Å². The molecule has 1 aliphatic rings. The number of rotatable bonds is 5. The predicted molar refractivity (Wildman–Crippen MR) is 74.6 cm³/mol. The van der Waals surface area contributed by atoms with Gasteiger partial charge >= 0.3 is 5.69 Å². The minimum Gasteiger partial charge on any atom is -0.490 e. The summed E-state index contributed by atoms with van der Waals surface area (Å²) in [5.41, 5.74) is 0.798. The Balaban J connectivity index is 2.02. The number of ether oxygens (including phenoxy) is 1. The number of nitro benzene ring substituents is 1. The second-order valence-corrected chi connectivity index (χ2v) is 5.46. The monoisotopic (exact) mass is 264 g/mol. The molecule has 1 aromatic rings. The average Bonchev–Trinajstić information content (AvgIpc) is 2.32. The fourth-order valence-electron chi connectivity index (χ4n) is 2.48. The summed E-state index contributed by atoms with van der Waals surface area (Å²) in [6, 6.07) is 5.44. The Bertz CT molecular complexity index is 468. The van der Waals surface area contributed by atoms with E-state index in [1.807, 2.05) is 6.07 Å². The van der Waals surface area contributed by atoms with Gasteiger partial charge in [0.25, 0.3) is 0 Å². The fourth-order valence-corrected chi connectivity index (χ4v) is 2.48. The number of methoxy groups -OCH3 is 1. The molecule has 1 fully saturated rings. The molecule has 104 valence electrons. The maximum Gasteiger partial charge on any atom is 0.312 e. The van der Waals surface area contributed by atoms with E-state index in [0.29, 0.717) is 17.7 Å². The van der Waals surface area contributed by atoms with E-state index < -0.39 is 4.92 Å². The maximum absolute atomic E-state index is 10.9. The van der Waals surface area contributed by atoms with Gasteiger partial charge in [0.05, 0.1) is 12.0 Å². The molecular weight excluding hydrogens is 244 g/mol. The first kappa shape index (κ1) is 13.6. The third kappa shape index (κ3) is 2.97. The van der Waals surface area contributed by atoms with Crippen molar-refractivity contribution in [3.8, 4) is 5.75 Å². The minimum absolute atomic E-state index is 0.00670. The van der Waals surface area contributed by atoms with E-state index in [4.69, 9.17) is 4.74 Å². The molecule has 1 saturated carbocycles. The summed E-state index contributed by atoms with van der Waals surface area (Å²) in [4.78, 5) is 10.5. The molecule has 0 amide bonds. The molecule has 1 aliphatic carbocycles. The average molecular weight is 264 g/mol. The van der Waals surface area contributed by atoms with Gasteiger partial charge in [0.1, 0.15) is 0 Å². The molecule has 19 heavy (non-hydrogen) atoms. The van der Waals surface area contributed by atoms with E-state index in [1.54, 1.807) is 12.1 Å². The van der Waals surface area contributed by atoms with Crippen LogP contribution in [0.1, 0.15) is 26.7 Å². The Morgan fingerprint density at radius 3 is 2.63 bits per heavy atom. The molecule has 2 rings (SSSR count). The van der Waals surface area contributed by atoms with Gasteiger partial charge in [-0.1, -0.05) is 13.8 Å². The number of nitrogens with one attached hydrogen (secondary N) is 1. The Morgan fingerprint density at radius 2 is 2.11 bits per heavy atom. The van der Waals surface area contributed by atoms with Crippen LogP contribution in [0.2, 0.25) is 0 Å². The van der Waals surface area contributed by atoms with E-state index >= 15 is 0 Å². The van der Waals surface area contributed by atoms with Crippen molar-refractivity contribution < 1.29 is 9.66 Å². The summed E-state index contributed by atoms with van der Waals surface area (Å²) in [6.45, 7) is 4.47. The maximum atomic E-state index is 10.9. The molecule has 0 unspecified atom stereocenters. The van der Waals surface area contributed by atoms with Crippen LogP contribution in [0, 0.1) is 22.0 Å². The lowest BCUT2D eigenvalue weighted by Crippen LogP contribution is -2.37. The highest BCUT2D eigenvalue weighted by molar-refractivity contribution is 5.59. The van der Waals surface area contributed by atoms with Crippen LogP contribution >= 0.6 is 0 Å². The summed E-state index contributed by atoms with van der Waals surface area (Å²) in [7, 11) is 1.44. The van der Waals surface area contributed by atoms with Crippen molar-refractivity contribution in [2.75, 3.05) is 12.4 Å². The molecule has 1 aromatic carbocycles. The molecule has 0 radical (unpaired) electrons. The molecule has 0 aromatic heterocycles. The molecule has 0 atom stereocenters. The van der Waals surface area contributed by atoms with Crippen LogP contribution in [-0.2, 0) is 0 Å². The number of hydrogen-bond acceptors (Lipinski definition) is 4. The van der Waals surface area contributed by atoms with Crippen LogP contribution in [0.25, 0.3) is 0 Å². The summed E-state index contributed by atoms with van der Waals surface area (Å²) in [5, 5.41) is 14.3. The zero-order valence-electron chi connectivity index (χ0n) is 11.6. The van der Waals surface area contributed by atoms with Gasteiger partial charge in [0, 0.05) is 17.8 Å². The molecule has 0 saturated heterocycles. The Kier molecular flexibility index (Phi) is 3.93. The van der Waals surface area contributed by atoms with Crippen molar-refractivity contribution in [1.29, 1.82) is 0 Å². The fraction of sp³-hybridized carbons (Fsp3) is 0.571. The van der Waals surface area contributed by atoms with Crippen molar-refractivity contribution in [2.45, 2.75) is 32.7 Å². The molecule has 0 aliphatic heterocycles. The van der Waals surface area contributed by atoms with Crippen molar-refractivity contribution in [3.63, 3.8) is 0 Å². The second-order valence-electron chi connectivity index (χ2n) is 5.46. The van der Waals surface area contributed by atoms with Gasteiger partial charge in [-0.2, -0.15) is 0 Å². The lowest BCUT2D eigenvalue weighted by molar-refractivity contribution is -0.385. The molecule has 5 nitrogen and oxygen atoms in total. The van der Waals surface area contributed by atoms with E-state index in [1.165, 1.54) is 7.11 Å². The highest BCUT2D eigenvalue weighted by Crippen LogP contribution is 2.37. The van der Waals surface area contributed by atoms with Gasteiger partial charge in [-0.25, -0.2) is 0 Å². The smallest absolute Gasteiger partial charge is 0.312 e. The predicted octanol–water partition coefficient (Wildman–Crippen LogP) is 3.45. The third-order valence-electron chi connectivity index (χ3n) is 3.86. The summed E-state index contributed by atoms with van der Waals surface area (Å²) in [6.07, 6.45) is 2.27. The summed E-state index contributed by atoms with van der Waals surface area (Å²) in [5.74, 6) is 1.78. The number of benzene rings is 1. The zero-order valence-corrected chi connectivity index (χ0v) is 11.6. The van der Waals surface area contributed by atoms with Crippen LogP contribution in [0.15, 0.2) is 18.2 Å². The molecule has 0 bridgehead atoms. The van der Waals surface area contributed by atoms with E-state index in [-0.39, 0.29) is 5.69 Å². The van der Waals surface area contributed by atoms with E-state index in [2.05, 4.69) is 19.2 Å². The normalized spacial score (nSPS) is 21.9. The molecule has 0 spiro atoms. The third-order valence-corrected chi connectivity index (χ3v) is 3.86. The van der Waals surface area contributed by atoms with Crippen molar-refractivity contribution >= 4 is 11.4 Å². The van der Waals surface area contributed by atoms with E-state index in [9.17, 15) is 10.1 Å². The first-order chi connectivity index (χ1) is 9.01. The molecule has 0 heterocycles. The van der Waals surface area contributed by atoms with Gasteiger partial charge < -0.3 is 10.1 Å². The summed E-state index contributed by atoms with van der Waals surface area (Å²) >= 11 is 0. The molecular formula is C14H20N2O3. The van der Waals surface area contributed by atoms with Crippen LogP contribution in [-0.4, -0.2) is 18.1 Å². The Hall–Kier alpha value is -1.78. The number of nitro groups is 1. The zero-order chi connectivity index (χ0) is 14.0. The minimum atomic E-state index is -0.415. The summed E-state index contributed by atoms with van der Waals surface area (Å²) < 4.78 is 4.99. The van der Waals surface area contributed by atoms with Crippen LogP contribution in [0.3, 0.4) is 0 Å². The second kappa shape index (κ2) is 5.47. The van der Waals surface area contributed by atoms with Crippen LogP contribution in [0.5, 0.6) is 5.75 Å². The largest absolute Gasteiger partial charge is 0.490 e. The Labute approximate surface area is 113 Å². The van der Waals surface area contributed by atoms with Crippen molar-refractivity contribution in [1.82, 2.24) is 0 Å². The van der Waals surface area contributed by atoms with Gasteiger partial charge in [-0.05, 0) is 36.8 Å². The first-order valence-corrected chi connectivity index (χ1v) is 6.60. The molecule has 1 N–H and O–H groups in total. The van der Waals surface area contributed by atoms with Crippen LogP contribution < -0.4 is 10.1 Å². The van der Waals surface area contributed by atoms with Gasteiger partial charge in [-0.3, -0.25) is 10.1 Å². The highest BCUT2D eigenvalue weighted by Gasteiger charge is 2.31. The van der Waals surface area contributed by atoms with Crippen LogP contribution in [0.4, 0.5) is 11.4 Å². The van der Waals surface area contributed by atoms with Gasteiger partial charge in [0.2, 0.25) is 0 Å². The first-order valence-electron chi connectivity index (χ1n) is 6.60. The molecule has 5 heteroatoms. The number of hydrogen-bond donors (Lipinski definition) is 1. The SMILES string of the molecule is COc1ccc(NC2CC(C(C)C)C2)cc1[N+](=O)[O-]. The standard InChI is InChI=1S/C14H20N2O3/c1-9(2)10-6-12(7-10)15-11-4-5-14(19-3)13(8-11)16(17)18/h4-5,8-10,12,15H,6-7H2,1-3H3. The van der Waals surface area contributed by atoms with Crippen molar-refractivity contribution in [3.05, 3.63) is 28.3 Å². The lowest BCUT2D eigenvalue weighted by Gasteiger charge is -2.39. The van der Waals surface area contributed by atoms with Crippen molar-refractivity contribution in [2.24, 2.45) is 11.8 Å². The number of anilines is 1. The highest BCUT2D eigenvalue weighted by atomic mass is 16.6. The topological polar surface area (TPSA) is 64.4 Å².